The van der Waals surface area contributed by atoms with Crippen molar-refractivity contribution in [1.82, 2.24) is 0 Å². The minimum absolute atomic E-state index is 0.160. The van der Waals surface area contributed by atoms with Gasteiger partial charge in [0.15, 0.2) is 0 Å². The highest BCUT2D eigenvalue weighted by atomic mass is 35.7. The van der Waals surface area contributed by atoms with Crippen molar-refractivity contribution in [3.8, 4) is 0 Å². The van der Waals surface area contributed by atoms with Crippen LogP contribution in [-0.2, 0) is 22.7 Å². The second-order valence-corrected chi connectivity index (χ2v) is 15.8. The largest absolute Gasteiger partial charge is 0.354 e. The fourth-order valence-electron chi connectivity index (χ4n) is 3.96. The molecule has 0 radical (unpaired) electrons. The molecule has 0 aromatic heterocycles. The van der Waals surface area contributed by atoms with Crippen molar-refractivity contribution in [2.75, 3.05) is 25.7 Å². The van der Waals surface area contributed by atoms with Crippen LogP contribution in [0.5, 0.6) is 0 Å². The molecule has 2 aliphatic rings. The van der Waals surface area contributed by atoms with Crippen LogP contribution >= 0.6 is 37.2 Å². The normalized spacial score (nSPS) is 22.9. The van der Waals surface area contributed by atoms with Gasteiger partial charge in [0, 0.05) is 22.5 Å². The second-order valence-electron chi connectivity index (χ2n) is 10.5. The minimum atomic E-state index is -3.69. The Kier molecular flexibility index (Phi) is 7.33. The Bertz CT molecular complexity index is 1140. The number of hydrogen-bond donors (Lipinski definition) is 0. The van der Waals surface area contributed by atoms with Gasteiger partial charge in [0.2, 0.25) is 0 Å². The molecule has 4 rings (SSSR count). The molecule has 1 aliphatic carbocycles. The SMILES string of the molecule is CC1(C)COP(=O)(C=C2c3ccccc3C(P(=O)(Cl)OCC(C)(C)CCl)c3ccccc32)OC1. The van der Waals surface area contributed by atoms with Crippen molar-refractivity contribution in [3.05, 3.63) is 76.6 Å². The average Bonchev–Trinajstić information content (AvgIpc) is 2.80. The zero-order valence-electron chi connectivity index (χ0n) is 19.8. The summed E-state index contributed by atoms with van der Waals surface area (Å²) in [5.74, 6) is 1.94. The fraction of sp³-hybridized carbons (Fsp3) is 0.440. The average molecular weight is 543 g/mol. The summed E-state index contributed by atoms with van der Waals surface area (Å²) in [6.45, 7) is 5.01. The van der Waals surface area contributed by atoms with Crippen LogP contribution in [-0.4, -0.2) is 25.7 Å². The van der Waals surface area contributed by atoms with E-state index in [9.17, 15) is 9.13 Å². The number of alkyl halides is 1. The standard InChI is InChI=1S/C25H30Cl2O5P2/c1-24(2,14-26)15-32-34(27,29)23-20-11-7-5-9-18(20)22(19-10-6-8-12-21(19)23)13-33(28)30-16-25(3,4)17-31-33/h5-13,23H,14-17H2,1-4H3. The minimum Gasteiger partial charge on any atom is -0.316 e. The van der Waals surface area contributed by atoms with Crippen molar-refractivity contribution in [1.29, 1.82) is 0 Å². The lowest BCUT2D eigenvalue weighted by Crippen LogP contribution is -2.29. The lowest BCUT2D eigenvalue weighted by Gasteiger charge is -2.35. The number of rotatable bonds is 6. The van der Waals surface area contributed by atoms with Gasteiger partial charge in [-0.1, -0.05) is 76.2 Å². The smallest absolute Gasteiger partial charge is 0.316 e. The van der Waals surface area contributed by atoms with Gasteiger partial charge in [-0.25, -0.2) is 0 Å². The molecule has 1 saturated heterocycles. The van der Waals surface area contributed by atoms with Crippen molar-refractivity contribution < 1.29 is 22.7 Å². The molecular formula is C25H30Cl2O5P2. The molecule has 34 heavy (non-hydrogen) atoms. The van der Waals surface area contributed by atoms with E-state index in [4.69, 9.17) is 36.4 Å². The molecule has 1 fully saturated rings. The van der Waals surface area contributed by atoms with E-state index in [0.717, 1.165) is 22.3 Å². The fourth-order valence-corrected chi connectivity index (χ4v) is 8.48. The molecular weight excluding hydrogens is 513 g/mol. The molecule has 2 aromatic carbocycles. The Hall–Kier alpha value is -0.900. The third kappa shape index (κ3) is 5.42. The molecule has 0 N–H and O–H groups in total. The summed E-state index contributed by atoms with van der Waals surface area (Å²) in [6, 6.07) is 15.1. The second kappa shape index (κ2) is 9.52. The van der Waals surface area contributed by atoms with Crippen LogP contribution in [0.25, 0.3) is 5.57 Å². The number of hydrogen-bond acceptors (Lipinski definition) is 5. The first-order valence-corrected chi connectivity index (χ1v) is 15.9. The molecule has 0 bridgehead atoms. The summed E-state index contributed by atoms with van der Waals surface area (Å²) in [7, 11) is -3.48. The Balaban J connectivity index is 1.81. The van der Waals surface area contributed by atoms with Crippen molar-refractivity contribution >= 4 is 42.7 Å². The molecule has 1 aliphatic heterocycles. The van der Waals surface area contributed by atoms with Crippen LogP contribution in [0.15, 0.2) is 54.3 Å². The van der Waals surface area contributed by atoms with Crippen LogP contribution in [0, 0.1) is 10.8 Å². The first-order valence-electron chi connectivity index (χ1n) is 11.2. The van der Waals surface area contributed by atoms with Gasteiger partial charge in [-0.2, -0.15) is 0 Å². The first-order chi connectivity index (χ1) is 15.9. The Morgan fingerprint density at radius 3 is 2.09 bits per heavy atom. The van der Waals surface area contributed by atoms with Gasteiger partial charge in [0.25, 0.3) is 0 Å². The molecule has 1 atom stereocenters. The summed E-state index contributed by atoms with van der Waals surface area (Å²) in [4.78, 5) is 0. The zero-order chi connectivity index (χ0) is 24.8. The molecule has 9 heteroatoms. The van der Waals surface area contributed by atoms with Gasteiger partial charge >= 0.3 is 14.3 Å². The highest BCUT2D eigenvalue weighted by Gasteiger charge is 2.43. The summed E-state index contributed by atoms with van der Waals surface area (Å²) < 4.78 is 44.7. The van der Waals surface area contributed by atoms with E-state index in [1.807, 2.05) is 76.2 Å². The number of benzene rings is 2. The van der Waals surface area contributed by atoms with Crippen LogP contribution in [0.4, 0.5) is 0 Å². The van der Waals surface area contributed by atoms with Crippen molar-refractivity contribution in [2.24, 2.45) is 10.8 Å². The molecule has 1 heterocycles. The van der Waals surface area contributed by atoms with Gasteiger partial charge in [0.05, 0.1) is 19.8 Å². The zero-order valence-corrected chi connectivity index (χ0v) is 23.1. The number of halogens is 2. The monoisotopic (exact) mass is 542 g/mol. The Morgan fingerprint density at radius 1 is 1.09 bits per heavy atom. The van der Waals surface area contributed by atoms with Crippen LogP contribution in [0.3, 0.4) is 0 Å². The maximum Gasteiger partial charge on any atom is 0.354 e. The summed E-state index contributed by atoms with van der Waals surface area (Å²) in [5.41, 5.74) is 2.49. The van der Waals surface area contributed by atoms with Gasteiger partial charge < -0.3 is 13.6 Å². The molecule has 5 nitrogen and oxygen atoms in total. The van der Waals surface area contributed by atoms with Gasteiger partial charge in [-0.3, -0.25) is 9.13 Å². The third-order valence-corrected chi connectivity index (χ3v) is 10.8. The number of fused-ring (bicyclic) bond motifs is 2. The van der Waals surface area contributed by atoms with Crippen LogP contribution in [0.1, 0.15) is 55.6 Å². The molecule has 184 valence electrons. The molecule has 1 unspecified atom stereocenters. The first kappa shape index (κ1) is 26.2. The summed E-state index contributed by atoms with van der Waals surface area (Å²) in [6.07, 6.45) is 0. The highest BCUT2D eigenvalue weighted by molar-refractivity contribution is 7.85. The van der Waals surface area contributed by atoms with Gasteiger partial charge in [-0.05, 0) is 39.1 Å². The Labute approximate surface area is 211 Å². The maximum atomic E-state index is 13.9. The van der Waals surface area contributed by atoms with Crippen LogP contribution < -0.4 is 0 Å². The Morgan fingerprint density at radius 2 is 1.59 bits per heavy atom. The van der Waals surface area contributed by atoms with E-state index in [1.54, 1.807) is 5.82 Å². The molecule has 0 spiro atoms. The summed E-state index contributed by atoms with van der Waals surface area (Å²) >= 11 is 12.7. The molecule has 0 saturated carbocycles. The quantitative estimate of drug-likeness (QED) is 0.270. The lowest BCUT2D eigenvalue weighted by atomic mass is 9.82. The molecule has 0 amide bonds. The van der Waals surface area contributed by atoms with Gasteiger partial charge in [0.1, 0.15) is 5.66 Å². The third-order valence-electron chi connectivity index (χ3n) is 5.95. The topological polar surface area (TPSA) is 61.8 Å². The van der Waals surface area contributed by atoms with E-state index in [0.29, 0.717) is 24.7 Å². The van der Waals surface area contributed by atoms with Gasteiger partial charge in [-0.15, -0.1) is 11.6 Å². The van der Waals surface area contributed by atoms with Crippen molar-refractivity contribution in [3.63, 3.8) is 0 Å². The maximum absolute atomic E-state index is 13.9. The predicted octanol–water partition coefficient (Wildman–Crippen LogP) is 8.46. The van der Waals surface area contributed by atoms with E-state index in [-0.39, 0.29) is 17.4 Å². The molecule has 2 aromatic rings. The van der Waals surface area contributed by atoms with Crippen molar-refractivity contribution in [2.45, 2.75) is 33.4 Å². The predicted molar refractivity (Wildman–Crippen MR) is 139 cm³/mol. The van der Waals surface area contributed by atoms with E-state index >= 15 is 0 Å². The highest BCUT2D eigenvalue weighted by Crippen LogP contribution is 2.70. The van der Waals surface area contributed by atoms with E-state index in [1.165, 1.54) is 0 Å². The lowest BCUT2D eigenvalue weighted by molar-refractivity contribution is 0.0458. The summed E-state index contributed by atoms with van der Waals surface area (Å²) in [5, 5.41) is 0. The van der Waals surface area contributed by atoms with E-state index in [2.05, 4.69) is 0 Å². The van der Waals surface area contributed by atoms with E-state index < -0.39 is 20.0 Å². The van der Waals surface area contributed by atoms with Crippen LogP contribution in [0.2, 0.25) is 0 Å².